The van der Waals surface area contributed by atoms with Crippen LogP contribution in [-0.2, 0) is 13.0 Å². The molecule has 0 unspecified atom stereocenters. The van der Waals surface area contributed by atoms with Crippen LogP contribution in [0.15, 0.2) is 0 Å². The van der Waals surface area contributed by atoms with Crippen molar-refractivity contribution in [3.8, 4) is 0 Å². The van der Waals surface area contributed by atoms with Gasteiger partial charge in [0.25, 0.3) is 5.91 Å². The molecule has 1 fully saturated rings. The van der Waals surface area contributed by atoms with Gasteiger partial charge in [0.1, 0.15) is 0 Å². The van der Waals surface area contributed by atoms with E-state index in [9.17, 15) is 4.79 Å². The topological polar surface area (TPSA) is 49.6 Å². The number of thiophene rings is 1. The van der Waals surface area contributed by atoms with Crippen LogP contribution in [0.4, 0.5) is 5.00 Å². The first kappa shape index (κ1) is 14.9. The second-order valence-electron chi connectivity index (χ2n) is 6.62. The van der Waals surface area contributed by atoms with E-state index in [2.05, 4.69) is 18.7 Å². The molecular weight excluding hydrogens is 282 g/mol. The van der Waals surface area contributed by atoms with E-state index in [4.69, 9.17) is 5.73 Å². The Bertz CT molecular complexity index is 532. The summed E-state index contributed by atoms with van der Waals surface area (Å²) in [6.45, 7) is 9.40. The number of anilines is 1. The van der Waals surface area contributed by atoms with Crippen molar-refractivity contribution in [2.45, 2.75) is 39.7 Å². The van der Waals surface area contributed by atoms with Gasteiger partial charge in [-0.3, -0.25) is 9.69 Å². The molecule has 0 aromatic carbocycles. The third kappa shape index (κ3) is 2.94. The lowest BCUT2D eigenvalue weighted by molar-refractivity contribution is 0.0792. The highest BCUT2D eigenvalue weighted by Gasteiger charge is 2.30. The summed E-state index contributed by atoms with van der Waals surface area (Å²) in [7, 11) is 0. The van der Waals surface area contributed by atoms with Crippen LogP contribution in [0, 0.1) is 5.92 Å². The van der Waals surface area contributed by atoms with Crippen molar-refractivity contribution < 1.29 is 4.79 Å². The Labute approximate surface area is 130 Å². The standard InChI is InChI=1S/C16H25N3OS/c1-11(2)9-18-8-5-12-13(10-18)21-15(17)14(12)16(20)19-6-3-4-7-19/h11H,3-10,17H2,1-2H3. The zero-order valence-corrected chi connectivity index (χ0v) is 13.8. The molecule has 21 heavy (non-hydrogen) atoms. The second-order valence-corrected chi connectivity index (χ2v) is 7.76. The van der Waals surface area contributed by atoms with Crippen LogP contribution < -0.4 is 5.73 Å². The lowest BCUT2D eigenvalue weighted by Crippen LogP contribution is -2.34. The maximum absolute atomic E-state index is 12.7. The number of nitrogens with zero attached hydrogens (tertiary/aromatic N) is 2. The Hall–Kier alpha value is -1.07. The number of carbonyl (C=O) groups excluding carboxylic acids is 1. The van der Waals surface area contributed by atoms with Gasteiger partial charge in [-0.25, -0.2) is 0 Å². The summed E-state index contributed by atoms with van der Waals surface area (Å²) in [4.78, 5) is 18.5. The predicted molar refractivity (Wildman–Crippen MR) is 87.7 cm³/mol. The van der Waals surface area contributed by atoms with E-state index in [0.29, 0.717) is 5.92 Å². The van der Waals surface area contributed by atoms with Crippen LogP contribution in [0.2, 0.25) is 0 Å². The Kier molecular flexibility index (Phi) is 4.22. The van der Waals surface area contributed by atoms with Crippen LogP contribution in [-0.4, -0.2) is 41.9 Å². The fraction of sp³-hybridized carbons (Fsp3) is 0.688. The molecule has 2 N–H and O–H groups in total. The van der Waals surface area contributed by atoms with Crippen molar-refractivity contribution in [1.29, 1.82) is 0 Å². The zero-order valence-electron chi connectivity index (χ0n) is 13.0. The molecule has 3 heterocycles. The van der Waals surface area contributed by atoms with E-state index in [1.165, 1.54) is 10.4 Å². The molecule has 1 saturated heterocycles. The average molecular weight is 307 g/mol. The van der Waals surface area contributed by atoms with Crippen molar-refractivity contribution in [1.82, 2.24) is 9.80 Å². The number of nitrogens with two attached hydrogens (primary N) is 1. The molecule has 116 valence electrons. The van der Waals surface area contributed by atoms with E-state index in [-0.39, 0.29) is 5.91 Å². The minimum atomic E-state index is 0.166. The average Bonchev–Trinajstić information content (AvgIpc) is 3.03. The molecule has 0 atom stereocenters. The number of carbonyl (C=O) groups is 1. The summed E-state index contributed by atoms with van der Waals surface area (Å²) in [5.41, 5.74) is 8.24. The van der Waals surface area contributed by atoms with Gasteiger partial charge in [0.2, 0.25) is 0 Å². The second kappa shape index (κ2) is 5.97. The molecule has 1 aromatic heterocycles. The van der Waals surface area contributed by atoms with Crippen LogP contribution in [0.5, 0.6) is 0 Å². The highest BCUT2D eigenvalue weighted by molar-refractivity contribution is 7.16. The molecule has 3 rings (SSSR count). The maximum atomic E-state index is 12.7. The van der Waals surface area contributed by atoms with E-state index >= 15 is 0 Å². The van der Waals surface area contributed by atoms with E-state index in [1.807, 2.05) is 4.90 Å². The summed E-state index contributed by atoms with van der Waals surface area (Å²) < 4.78 is 0. The van der Waals surface area contributed by atoms with Gasteiger partial charge in [-0.1, -0.05) is 13.8 Å². The predicted octanol–water partition coefficient (Wildman–Crippen LogP) is 2.58. The van der Waals surface area contributed by atoms with Gasteiger partial charge in [-0.15, -0.1) is 11.3 Å². The molecule has 5 heteroatoms. The Morgan fingerprint density at radius 1 is 1.29 bits per heavy atom. The van der Waals surface area contributed by atoms with Gasteiger partial charge >= 0.3 is 0 Å². The summed E-state index contributed by atoms with van der Waals surface area (Å²) in [5, 5.41) is 0.725. The number of nitrogen functional groups attached to an aromatic ring is 1. The van der Waals surface area contributed by atoms with Gasteiger partial charge in [-0.2, -0.15) is 0 Å². The molecule has 1 aromatic rings. The maximum Gasteiger partial charge on any atom is 0.257 e. The Morgan fingerprint density at radius 3 is 2.67 bits per heavy atom. The fourth-order valence-corrected chi connectivity index (χ4v) is 4.62. The minimum Gasteiger partial charge on any atom is -0.390 e. The molecule has 0 bridgehead atoms. The van der Waals surface area contributed by atoms with Crippen LogP contribution in [0.1, 0.15) is 47.5 Å². The monoisotopic (exact) mass is 307 g/mol. The fourth-order valence-electron chi connectivity index (χ4n) is 3.46. The molecule has 0 aliphatic carbocycles. The molecule has 0 saturated carbocycles. The first-order chi connectivity index (χ1) is 10.1. The molecule has 0 radical (unpaired) electrons. The SMILES string of the molecule is CC(C)CN1CCc2c(sc(N)c2C(=O)N2CCCC2)C1. The largest absolute Gasteiger partial charge is 0.390 e. The quantitative estimate of drug-likeness (QED) is 0.934. The van der Waals surface area contributed by atoms with Crippen LogP contribution in [0.3, 0.4) is 0 Å². The minimum absolute atomic E-state index is 0.166. The smallest absolute Gasteiger partial charge is 0.257 e. The van der Waals surface area contributed by atoms with Crippen LogP contribution >= 0.6 is 11.3 Å². The summed E-state index contributed by atoms with van der Waals surface area (Å²) >= 11 is 1.62. The third-order valence-corrected chi connectivity index (χ3v) is 5.44. The number of rotatable bonds is 3. The molecule has 2 aliphatic rings. The molecule has 2 aliphatic heterocycles. The summed E-state index contributed by atoms with van der Waals surface area (Å²) in [6, 6.07) is 0. The number of likely N-dealkylation sites (tertiary alicyclic amines) is 1. The molecule has 0 spiro atoms. The first-order valence-electron chi connectivity index (χ1n) is 7.98. The summed E-state index contributed by atoms with van der Waals surface area (Å²) in [6.07, 6.45) is 3.21. The highest BCUT2D eigenvalue weighted by atomic mass is 32.1. The number of amides is 1. The number of hydrogen-bond donors (Lipinski definition) is 1. The van der Waals surface area contributed by atoms with E-state index < -0.39 is 0 Å². The first-order valence-corrected chi connectivity index (χ1v) is 8.79. The van der Waals surface area contributed by atoms with Crippen molar-refractivity contribution in [2.75, 3.05) is 31.9 Å². The molecule has 1 amide bonds. The molecule has 4 nitrogen and oxygen atoms in total. The summed E-state index contributed by atoms with van der Waals surface area (Å²) in [5.74, 6) is 0.842. The van der Waals surface area contributed by atoms with Crippen molar-refractivity contribution >= 4 is 22.2 Å². The van der Waals surface area contributed by atoms with E-state index in [1.54, 1.807) is 11.3 Å². The zero-order chi connectivity index (χ0) is 15.0. The number of hydrogen-bond acceptors (Lipinski definition) is 4. The lowest BCUT2D eigenvalue weighted by atomic mass is 10.0. The number of fused-ring (bicyclic) bond motifs is 1. The van der Waals surface area contributed by atoms with Gasteiger partial charge in [0.15, 0.2) is 0 Å². The lowest BCUT2D eigenvalue weighted by Gasteiger charge is -2.28. The van der Waals surface area contributed by atoms with Crippen molar-refractivity contribution in [3.63, 3.8) is 0 Å². The van der Waals surface area contributed by atoms with E-state index in [0.717, 1.165) is 62.6 Å². The van der Waals surface area contributed by atoms with Crippen LogP contribution in [0.25, 0.3) is 0 Å². The highest BCUT2D eigenvalue weighted by Crippen LogP contribution is 2.36. The van der Waals surface area contributed by atoms with Gasteiger partial charge in [0.05, 0.1) is 10.6 Å². The van der Waals surface area contributed by atoms with Crippen molar-refractivity contribution in [3.05, 3.63) is 16.0 Å². The molecular formula is C16H25N3OS. The van der Waals surface area contributed by atoms with Gasteiger partial charge in [0, 0.05) is 37.6 Å². The normalized spacial score (nSPS) is 19.3. The Morgan fingerprint density at radius 2 is 2.00 bits per heavy atom. The Balaban J connectivity index is 1.81. The third-order valence-electron chi connectivity index (χ3n) is 4.39. The van der Waals surface area contributed by atoms with Gasteiger partial charge in [-0.05, 0) is 30.7 Å². The van der Waals surface area contributed by atoms with Gasteiger partial charge < -0.3 is 10.6 Å². The van der Waals surface area contributed by atoms with Crippen molar-refractivity contribution in [2.24, 2.45) is 5.92 Å².